The van der Waals surface area contributed by atoms with Crippen LogP contribution in [0.3, 0.4) is 0 Å². The van der Waals surface area contributed by atoms with Gasteiger partial charge in [-0.3, -0.25) is 9.59 Å². The highest BCUT2D eigenvalue weighted by Crippen LogP contribution is 2.34. The van der Waals surface area contributed by atoms with Crippen LogP contribution in [0.2, 0.25) is 0 Å². The van der Waals surface area contributed by atoms with Crippen LogP contribution in [0.15, 0.2) is 18.2 Å². The molecule has 1 atom stereocenters. The lowest BCUT2D eigenvalue weighted by atomic mass is 10.1. The third kappa shape index (κ3) is 3.69. The van der Waals surface area contributed by atoms with E-state index in [-0.39, 0.29) is 35.3 Å². The van der Waals surface area contributed by atoms with Crippen LogP contribution < -0.4 is 10.2 Å². The maximum Gasteiger partial charge on any atom is 0.445 e. The van der Waals surface area contributed by atoms with Crippen LogP contribution in [0.4, 0.5) is 24.0 Å². The molecule has 1 aromatic carbocycles. The van der Waals surface area contributed by atoms with E-state index in [2.05, 4.69) is 15.5 Å². The average Bonchev–Trinajstić information content (AvgIpc) is 3.16. The number of nitrogens with zero attached hydrogens (tertiary/aromatic N) is 3. The van der Waals surface area contributed by atoms with Gasteiger partial charge in [0.15, 0.2) is 0 Å². The van der Waals surface area contributed by atoms with E-state index in [1.165, 1.54) is 4.90 Å². The topological polar surface area (TPSA) is 75.2 Å². The molecule has 138 valence electrons. The van der Waals surface area contributed by atoms with Crippen LogP contribution in [0, 0.1) is 19.8 Å². The van der Waals surface area contributed by atoms with Crippen LogP contribution in [0.25, 0.3) is 0 Å². The van der Waals surface area contributed by atoms with Crippen molar-refractivity contribution in [2.75, 3.05) is 16.8 Å². The first-order valence-corrected chi connectivity index (χ1v) is 8.56. The molecule has 3 rings (SSSR count). The molecule has 1 aliphatic rings. The normalized spacial score (nSPS) is 17.7. The number of aromatic nitrogens is 2. The first-order chi connectivity index (χ1) is 12.1. The van der Waals surface area contributed by atoms with Gasteiger partial charge in [-0.1, -0.05) is 23.5 Å². The maximum atomic E-state index is 12.5. The van der Waals surface area contributed by atoms with Crippen molar-refractivity contribution in [3.05, 3.63) is 34.3 Å². The Kier molecular flexibility index (Phi) is 4.70. The smallest absolute Gasteiger partial charge is 0.311 e. The lowest BCUT2D eigenvalue weighted by Crippen LogP contribution is -2.28. The van der Waals surface area contributed by atoms with Crippen molar-refractivity contribution in [2.45, 2.75) is 26.4 Å². The molecule has 1 N–H and O–H groups in total. The van der Waals surface area contributed by atoms with E-state index in [4.69, 9.17) is 0 Å². The molecule has 2 amide bonds. The van der Waals surface area contributed by atoms with Crippen molar-refractivity contribution in [3.63, 3.8) is 0 Å². The summed E-state index contributed by atoms with van der Waals surface area (Å²) in [4.78, 5) is 26.2. The molecule has 1 saturated heterocycles. The standard InChI is InChI=1S/C16H15F3N4O2S/c1-8-3-4-9(2)11(5-8)23-7-10(6-12(23)24)13(25)20-15-22-21-14(26-15)16(17,18)19/h3-5,10H,6-7H2,1-2H3,(H,20,22,25). The molecule has 2 heterocycles. The van der Waals surface area contributed by atoms with Crippen molar-refractivity contribution in [1.29, 1.82) is 0 Å². The van der Waals surface area contributed by atoms with Gasteiger partial charge in [0.2, 0.25) is 22.0 Å². The van der Waals surface area contributed by atoms with Gasteiger partial charge in [-0.25, -0.2) is 0 Å². The summed E-state index contributed by atoms with van der Waals surface area (Å²) < 4.78 is 37.6. The van der Waals surface area contributed by atoms with Gasteiger partial charge in [0.1, 0.15) is 0 Å². The predicted molar refractivity (Wildman–Crippen MR) is 89.9 cm³/mol. The molecule has 26 heavy (non-hydrogen) atoms. The molecule has 1 unspecified atom stereocenters. The number of carbonyl (C=O) groups is 2. The molecule has 0 radical (unpaired) electrons. The largest absolute Gasteiger partial charge is 0.445 e. The van der Waals surface area contributed by atoms with Crippen LogP contribution in [-0.4, -0.2) is 28.6 Å². The quantitative estimate of drug-likeness (QED) is 0.882. The van der Waals surface area contributed by atoms with E-state index in [1.54, 1.807) is 0 Å². The van der Waals surface area contributed by atoms with Crippen LogP contribution in [-0.2, 0) is 15.8 Å². The summed E-state index contributed by atoms with van der Waals surface area (Å²) in [5.41, 5.74) is 2.63. The SMILES string of the molecule is Cc1ccc(C)c(N2CC(C(=O)Nc3nnc(C(F)(F)F)s3)CC2=O)c1. The highest BCUT2D eigenvalue weighted by Gasteiger charge is 2.38. The van der Waals surface area contributed by atoms with Gasteiger partial charge in [-0.15, -0.1) is 10.2 Å². The number of hydrogen-bond donors (Lipinski definition) is 1. The minimum atomic E-state index is -4.61. The van der Waals surface area contributed by atoms with E-state index in [0.717, 1.165) is 16.8 Å². The summed E-state index contributed by atoms with van der Waals surface area (Å²) in [6.45, 7) is 3.94. The van der Waals surface area contributed by atoms with E-state index in [0.29, 0.717) is 0 Å². The Labute approximate surface area is 151 Å². The zero-order chi connectivity index (χ0) is 19.1. The molecule has 1 aromatic heterocycles. The second kappa shape index (κ2) is 6.67. The minimum absolute atomic E-state index is 0.00977. The van der Waals surface area contributed by atoms with Gasteiger partial charge in [-0.2, -0.15) is 13.2 Å². The number of amides is 2. The average molecular weight is 384 g/mol. The van der Waals surface area contributed by atoms with Crippen molar-refractivity contribution >= 4 is 34.0 Å². The fourth-order valence-corrected chi connectivity index (χ4v) is 3.34. The highest BCUT2D eigenvalue weighted by molar-refractivity contribution is 7.15. The Morgan fingerprint density at radius 1 is 1.31 bits per heavy atom. The maximum absolute atomic E-state index is 12.5. The molecule has 0 bridgehead atoms. The molecule has 1 fully saturated rings. The third-order valence-electron chi connectivity index (χ3n) is 4.05. The first kappa shape index (κ1) is 18.3. The Morgan fingerprint density at radius 2 is 2.04 bits per heavy atom. The van der Waals surface area contributed by atoms with Crippen LogP contribution in [0.5, 0.6) is 0 Å². The van der Waals surface area contributed by atoms with Gasteiger partial charge < -0.3 is 10.2 Å². The van der Waals surface area contributed by atoms with E-state index >= 15 is 0 Å². The zero-order valence-corrected chi connectivity index (χ0v) is 14.7. The second-order valence-corrected chi connectivity index (χ2v) is 7.07. The summed E-state index contributed by atoms with van der Waals surface area (Å²) in [6.07, 6.45) is -4.62. The summed E-state index contributed by atoms with van der Waals surface area (Å²) >= 11 is 0.252. The fraction of sp³-hybridized carbons (Fsp3) is 0.375. The second-order valence-electron chi connectivity index (χ2n) is 6.09. The van der Waals surface area contributed by atoms with Crippen molar-refractivity contribution in [1.82, 2.24) is 10.2 Å². The summed E-state index contributed by atoms with van der Waals surface area (Å²) in [6, 6.07) is 5.69. The monoisotopic (exact) mass is 384 g/mol. The number of alkyl halides is 3. The van der Waals surface area contributed by atoms with Crippen molar-refractivity contribution in [3.8, 4) is 0 Å². The fourth-order valence-electron chi connectivity index (χ4n) is 2.72. The predicted octanol–water partition coefficient (Wildman–Crippen LogP) is 3.17. The van der Waals surface area contributed by atoms with Crippen LogP contribution >= 0.6 is 11.3 Å². The molecule has 0 aliphatic carbocycles. The molecule has 0 saturated carbocycles. The Bertz CT molecular complexity index is 865. The molecule has 10 heteroatoms. The lowest BCUT2D eigenvalue weighted by Gasteiger charge is -2.19. The number of benzene rings is 1. The molecular weight excluding hydrogens is 369 g/mol. The van der Waals surface area contributed by atoms with Gasteiger partial charge in [0.05, 0.1) is 5.92 Å². The lowest BCUT2D eigenvalue weighted by molar-refractivity contribution is -0.138. The molecule has 2 aromatic rings. The van der Waals surface area contributed by atoms with Crippen LogP contribution in [0.1, 0.15) is 22.6 Å². The molecule has 1 aliphatic heterocycles. The minimum Gasteiger partial charge on any atom is -0.311 e. The Balaban J connectivity index is 1.71. The number of carbonyl (C=O) groups excluding carboxylic acids is 2. The number of rotatable bonds is 3. The van der Waals surface area contributed by atoms with E-state index in [1.807, 2.05) is 32.0 Å². The number of nitrogens with one attached hydrogen (secondary N) is 1. The van der Waals surface area contributed by atoms with Gasteiger partial charge in [0, 0.05) is 18.7 Å². The number of hydrogen-bond acceptors (Lipinski definition) is 5. The Hall–Kier alpha value is -2.49. The van der Waals surface area contributed by atoms with E-state index < -0.39 is 23.0 Å². The summed E-state index contributed by atoms with van der Waals surface area (Å²) in [5.74, 6) is -1.41. The molecule has 0 spiro atoms. The number of halogens is 3. The van der Waals surface area contributed by atoms with Crippen molar-refractivity contribution < 1.29 is 22.8 Å². The zero-order valence-electron chi connectivity index (χ0n) is 13.9. The number of anilines is 2. The van der Waals surface area contributed by atoms with Crippen molar-refractivity contribution in [2.24, 2.45) is 5.92 Å². The molecule has 6 nitrogen and oxygen atoms in total. The Morgan fingerprint density at radius 3 is 2.69 bits per heavy atom. The first-order valence-electron chi connectivity index (χ1n) is 7.74. The number of aryl methyl sites for hydroxylation is 2. The van der Waals surface area contributed by atoms with Gasteiger partial charge in [0.25, 0.3) is 0 Å². The van der Waals surface area contributed by atoms with Gasteiger partial charge >= 0.3 is 6.18 Å². The molecular formula is C16H15F3N4O2S. The summed E-state index contributed by atoms with van der Waals surface area (Å²) in [5, 5.41) is 7.31. The summed E-state index contributed by atoms with van der Waals surface area (Å²) in [7, 11) is 0. The van der Waals surface area contributed by atoms with Gasteiger partial charge in [-0.05, 0) is 31.0 Å². The third-order valence-corrected chi connectivity index (χ3v) is 4.93. The highest BCUT2D eigenvalue weighted by atomic mass is 32.1. The van der Waals surface area contributed by atoms with E-state index in [9.17, 15) is 22.8 Å².